The van der Waals surface area contributed by atoms with Crippen LogP contribution in [0.15, 0.2) is 96.1 Å². The third-order valence-corrected chi connectivity index (χ3v) is 17.2. The average molecular weight is 821 g/mol. The Morgan fingerprint density at radius 3 is 2.47 bits per heavy atom. The zero-order chi connectivity index (χ0) is 42.3. The molecule has 3 amide bonds. The van der Waals surface area contributed by atoms with Gasteiger partial charge in [-0.3, -0.25) is 14.4 Å². The van der Waals surface area contributed by atoms with Gasteiger partial charge in [-0.1, -0.05) is 91.0 Å². The van der Waals surface area contributed by atoms with Crippen LogP contribution in [-0.2, 0) is 31.3 Å². The molecule has 2 saturated heterocycles. The Morgan fingerprint density at radius 2 is 1.81 bits per heavy atom. The highest BCUT2D eigenvalue weighted by molar-refractivity contribution is 6.91. The maximum absolute atomic E-state index is 15.4. The van der Waals surface area contributed by atoms with E-state index in [0.29, 0.717) is 25.3 Å². The summed E-state index contributed by atoms with van der Waals surface area (Å²) in [7, 11) is -0.904. The molecule has 3 aliphatic heterocycles. The first kappa shape index (κ1) is 44.0. The van der Waals surface area contributed by atoms with Crippen molar-refractivity contribution in [3.63, 3.8) is 0 Å². The summed E-state index contributed by atoms with van der Waals surface area (Å²) < 4.78 is 12.9. The van der Waals surface area contributed by atoms with Crippen LogP contribution in [0.4, 0.5) is 11.4 Å². The van der Waals surface area contributed by atoms with Gasteiger partial charge in [0.05, 0.1) is 45.9 Å². The third kappa shape index (κ3) is 9.59. The predicted molar refractivity (Wildman–Crippen MR) is 239 cm³/mol. The van der Waals surface area contributed by atoms with Crippen LogP contribution >= 0.6 is 0 Å². The zero-order valence-corrected chi connectivity index (χ0v) is 37.1. The summed E-state index contributed by atoms with van der Waals surface area (Å²) >= 11 is 0. The lowest BCUT2D eigenvalue weighted by atomic mass is 9.82. The molecule has 3 heterocycles. The fourth-order valence-corrected chi connectivity index (χ4v) is 13.6. The van der Waals surface area contributed by atoms with Crippen molar-refractivity contribution >= 4 is 42.4 Å². The highest BCUT2D eigenvalue weighted by atomic mass is 28.3. The first-order chi connectivity index (χ1) is 28.3. The summed E-state index contributed by atoms with van der Waals surface area (Å²) in [5.41, 5.74) is 3.97. The Hall–Kier alpha value is -4.55. The van der Waals surface area contributed by atoms with Crippen molar-refractivity contribution in [2.24, 2.45) is 11.8 Å². The number of hydrogen-bond donors (Lipinski definition) is 3. The number of fused-ring (bicyclic) bond motifs is 2. The van der Waals surface area contributed by atoms with Gasteiger partial charge < -0.3 is 35.0 Å². The van der Waals surface area contributed by atoms with Crippen molar-refractivity contribution in [2.45, 2.75) is 96.7 Å². The predicted octanol–water partition coefficient (Wildman–Crippen LogP) is 7.30. The van der Waals surface area contributed by atoms with Gasteiger partial charge in [0.25, 0.3) is 5.91 Å². The molecule has 5 atom stereocenters. The molecule has 0 aromatic heterocycles. The molecule has 2 fully saturated rings. The van der Waals surface area contributed by atoms with Crippen LogP contribution in [0.2, 0.25) is 18.6 Å². The van der Waals surface area contributed by atoms with E-state index in [0.717, 1.165) is 54.8 Å². The van der Waals surface area contributed by atoms with Gasteiger partial charge >= 0.3 is 0 Å². The molecular weight excluding hydrogens is 757 g/mol. The first-order valence-corrected chi connectivity index (χ1v) is 24.4. The molecule has 59 heavy (non-hydrogen) atoms. The van der Waals surface area contributed by atoms with E-state index < -0.39 is 19.8 Å². The first-order valence-electron chi connectivity index (χ1n) is 21.3. The van der Waals surface area contributed by atoms with Gasteiger partial charge in [0.2, 0.25) is 11.8 Å². The minimum absolute atomic E-state index is 0.0421. The van der Waals surface area contributed by atoms with Crippen LogP contribution in [0.5, 0.6) is 5.75 Å². The summed E-state index contributed by atoms with van der Waals surface area (Å²) in [5.74, 6) is -0.0441. The Labute approximate surface area is 352 Å². The second-order valence-electron chi connectivity index (χ2n) is 17.4. The number of rotatable bonds is 16. The SMILES string of the molecule is COc1ccc([Si](C)(C)[C@H]2[C@H](CC(=O)N(CCO)Cc3ccccc3)O[C@@]3(C(=O)N(C/C=C(\C)CCC=C(C)C)c4ccc(NC(=O)C5CCCNC5)cc43)[C@@H]2C)cc1. The van der Waals surface area contributed by atoms with Gasteiger partial charge in [-0.2, -0.15) is 0 Å². The Kier molecular flexibility index (Phi) is 14.3. The Balaban J connectivity index is 1.42. The minimum Gasteiger partial charge on any atom is -0.497 e. The highest BCUT2D eigenvalue weighted by Crippen LogP contribution is 2.60. The van der Waals surface area contributed by atoms with Crippen LogP contribution < -0.4 is 25.5 Å². The topological polar surface area (TPSA) is 120 Å². The smallest absolute Gasteiger partial charge is 0.264 e. The average Bonchev–Trinajstić information content (AvgIpc) is 3.65. The van der Waals surface area contributed by atoms with E-state index in [-0.39, 0.29) is 54.7 Å². The molecule has 3 aliphatic rings. The number of methoxy groups -OCH3 is 1. The molecule has 3 aromatic rings. The van der Waals surface area contributed by atoms with Crippen molar-refractivity contribution in [1.82, 2.24) is 10.2 Å². The van der Waals surface area contributed by atoms with Gasteiger partial charge in [-0.25, -0.2) is 0 Å². The van der Waals surface area contributed by atoms with Gasteiger partial charge in [-0.05, 0) is 94.4 Å². The Morgan fingerprint density at radius 1 is 1.07 bits per heavy atom. The molecular formula is C48H64N4O6Si. The zero-order valence-electron chi connectivity index (χ0n) is 36.1. The van der Waals surface area contributed by atoms with Crippen LogP contribution in [-0.4, -0.2) is 81.8 Å². The number of piperidine rings is 1. The number of nitrogens with zero attached hydrogens (tertiary/aromatic N) is 2. The highest BCUT2D eigenvalue weighted by Gasteiger charge is 2.66. The molecule has 3 N–H and O–H groups in total. The van der Waals surface area contributed by atoms with Gasteiger partial charge in [0.1, 0.15) is 5.75 Å². The largest absolute Gasteiger partial charge is 0.497 e. The minimum atomic E-state index is -2.56. The van der Waals surface area contributed by atoms with Crippen molar-refractivity contribution < 1.29 is 29.0 Å². The van der Waals surface area contributed by atoms with E-state index in [4.69, 9.17) is 9.47 Å². The van der Waals surface area contributed by atoms with Crippen molar-refractivity contribution in [3.8, 4) is 5.75 Å². The maximum atomic E-state index is 15.4. The molecule has 10 nitrogen and oxygen atoms in total. The van der Waals surface area contributed by atoms with Gasteiger partial charge in [0, 0.05) is 43.3 Å². The normalized spacial score (nSPS) is 22.9. The number of carbonyl (C=O) groups is 3. The van der Waals surface area contributed by atoms with E-state index in [1.165, 1.54) is 16.3 Å². The van der Waals surface area contributed by atoms with Crippen LogP contribution in [0.25, 0.3) is 0 Å². The van der Waals surface area contributed by atoms with Crippen LogP contribution in [0.3, 0.4) is 0 Å². The summed E-state index contributed by atoms with van der Waals surface area (Å²) in [5, 5.41) is 17.8. The number of nitrogens with one attached hydrogen (secondary N) is 2. The molecule has 3 aromatic carbocycles. The van der Waals surface area contributed by atoms with E-state index in [1.54, 1.807) is 12.0 Å². The molecule has 11 heteroatoms. The van der Waals surface area contributed by atoms with Crippen LogP contribution in [0.1, 0.15) is 70.9 Å². The van der Waals surface area contributed by atoms with E-state index in [1.807, 2.05) is 65.6 Å². The number of hydrogen-bond acceptors (Lipinski definition) is 7. The van der Waals surface area contributed by atoms with Gasteiger partial charge in [-0.15, -0.1) is 0 Å². The molecule has 0 aliphatic carbocycles. The molecule has 0 bridgehead atoms. The lowest BCUT2D eigenvalue weighted by Crippen LogP contribution is -2.52. The van der Waals surface area contributed by atoms with Crippen molar-refractivity contribution in [3.05, 3.63) is 107 Å². The number of anilines is 2. The van der Waals surface area contributed by atoms with Crippen LogP contribution in [0, 0.1) is 11.8 Å². The van der Waals surface area contributed by atoms with Gasteiger partial charge in [0.15, 0.2) is 5.60 Å². The molecule has 1 unspecified atom stereocenters. The summed E-state index contributed by atoms with van der Waals surface area (Å²) in [6.45, 7) is 15.3. The van der Waals surface area contributed by atoms with Crippen molar-refractivity contribution in [1.29, 1.82) is 0 Å². The summed E-state index contributed by atoms with van der Waals surface area (Å²) in [6, 6.07) is 23.7. The summed E-state index contributed by atoms with van der Waals surface area (Å²) in [4.78, 5) is 47.0. The van der Waals surface area contributed by atoms with E-state index in [2.05, 4.69) is 75.7 Å². The number of allylic oxidation sites excluding steroid dienone is 3. The molecule has 0 radical (unpaired) electrons. The standard InChI is InChI=1S/C48H64N4O6Si/c1-33(2)13-11-14-34(3)24-26-52-42-23-18-38(50-46(55)37-17-12-25-49-31-37)29-41(42)48(47(52)56)35(4)45(59(6,7)40-21-19-39(57-5)20-22-40)43(58-48)30-44(54)51(27-28-53)32-36-15-9-8-10-16-36/h8-10,13,15-16,18-24,29,35,37,43,45,49,53H,11-12,14,17,25-28,30-32H2,1-7H3,(H,50,55)/b34-24+/t35-,37?,43+,45-,48+/m1/s1. The molecule has 1 spiro atoms. The molecule has 316 valence electrons. The Bertz CT molecular complexity index is 2010. The van der Waals surface area contributed by atoms with E-state index in [9.17, 15) is 14.7 Å². The second kappa shape index (κ2) is 19.2. The maximum Gasteiger partial charge on any atom is 0.264 e. The number of benzene rings is 3. The number of aliphatic hydroxyl groups is 1. The quantitative estimate of drug-likeness (QED) is 0.103. The summed E-state index contributed by atoms with van der Waals surface area (Å²) in [6.07, 6.45) is 7.38. The second-order valence-corrected chi connectivity index (χ2v) is 22.1. The number of carbonyl (C=O) groups excluding carboxylic acids is 3. The fraction of sp³-hybridized carbons (Fsp3) is 0.479. The van der Waals surface area contributed by atoms with E-state index >= 15 is 4.79 Å². The van der Waals surface area contributed by atoms with Crippen molar-refractivity contribution in [2.75, 3.05) is 50.1 Å². The lowest BCUT2D eigenvalue weighted by Gasteiger charge is -2.37. The number of ether oxygens (including phenoxy) is 2. The molecule has 6 rings (SSSR count). The molecule has 0 saturated carbocycles. The number of aliphatic hydroxyl groups excluding tert-OH is 1. The third-order valence-electron chi connectivity index (χ3n) is 12.8. The monoisotopic (exact) mass is 820 g/mol. The number of amides is 3. The fourth-order valence-electron chi connectivity index (χ4n) is 9.55. The lowest BCUT2D eigenvalue weighted by molar-refractivity contribution is -0.149.